The molecule has 0 aromatic heterocycles. The molecule has 16 heavy (non-hydrogen) atoms. The van der Waals surface area contributed by atoms with E-state index < -0.39 is 0 Å². The first-order valence-electron chi connectivity index (χ1n) is 5.89. The quantitative estimate of drug-likeness (QED) is 0.650. The van der Waals surface area contributed by atoms with Gasteiger partial charge in [-0.2, -0.15) is 0 Å². The van der Waals surface area contributed by atoms with Crippen LogP contribution in [0.15, 0.2) is 27.7 Å². The Labute approximate surface area is 108 Å². The van der Waals surface area contributed by atoms with E-state index in [2.05, 4.69) is 32.9 Å². The first-order chi connectivity index (χ1) is 7.71. The molecular formula is C13H21NS2. The highest BCUT2D eigenvalue weighted by molar-refractivity contribution is 8.19. The molecule has 1 heterocycles. The lowest BCUT2D eigenvalue weighted by molar-refractivity contribution is 1.05. The number of hydrogen-bond donors (Lipinski definition) is 0. The van der Waals surface area contributed by atoms with Gasteiger partial charge in [-0.05, 0) is 32.1 Å². The molecule has 1 atom stereocenters. The van der Waals surface area contributed by atoms with Gasteiger partial charge in [0.05, 0.1) is 10.3 Å². The second-order valence-corrected chi connectivity index (χ2v) is 6.86. The third-order valence-electron chi connectivity index (χ3n) is 2.43. The Morgan fingerprint density at radius 3 is 2.88 bits per heavy atom. The predicted octanol–water partition coefficient (Wildman–Crippen LogP) is 4.86. The lowest BCUT2D eigenvalue weighted by Crippen LogP contribution is -1.95. The summed E-state index contributed by atoms with van der Waals surface area (Å²) in [6.07, 6.45) is 6.32. The first-order valence-corrected chi connectivity index (χ1v) is 7.82. The van der Waals surface area contributed by atoms with E-state index >= 15 is 0 Å². The van der Waals surface area contributed by atoms with Crippen molar-refractivity contribution in [3.63, 3.8) is 0 Å². The number of thioether (sulfide) groups is 2. The van der Waals surface area contributed by atoms with Crippen LogP contribution in [0.3, 0.4) is 0 Å². The second-order valence-electron chi connectivity index (χ2n) is 3.67. The molecule has 0 bridgehead atoms. The van der Waals surface area contributed by atoms with Crippen LogP contribution in [0.5, 0.6) is 0 Å². The summed E-state index contributed by atoms with van der Waals surface area (Å²) in [7, 11) is 0. The van der Waals surface area contributed by atoms with E-state index in [4.69, 9.17) is 4.99 Å². The van der Waals surface area contributed by atoms with Gasteiger partial charge < -0.3 is 0 Å². The van der Waals surface area contributed by atoms with Crippen LogP contribution in [0.2, 0.25) is 0 Å². The predicted molar refractivity (Wildman–Crippen MR) is 79.4 cm³/mol. The van der Waals surface area contributed by atoms with Crippen LogP contribution in [0, 0.1) is 0 Å². The Balaban J connectivity index is 2.70. The molecule has 0 fully saturated rings. The van der Waals surface area contributed by atoms with Crippen LogP contribution in [0.1, 0.15) is 40.5 Å². The Bertz CT molecular complexity index is 316. The van der Waals surface area contributed by atoms with Gasteiger partial charge in [0, 0.05) is 17.0 Å². The van der Waals surface area contributed by atoms with Crippen molar-refractivity contribution in [3.05, 3.63) is 22.8 Å². The number of aliphatic imine (C=N–C) groups is 1. The molecule has 1 aliphatic rings. The summed E-state index contributed by atoms with van der Waals surface area (Å²) in [5, 5.41) is 0. The molecule has 0 spiro atoms. The van der Waals surface area contributed by atoms with E-state index in [-0.39, 0.29) is 0 Å². The molecule has 0 N–H and O–H groups in total. The number of rotatable bonds is 5. The monoisotopic (exact) mass is 255 g/mol. The van der Waals surface area contributed by atoms with E-state index in [1.807, 2.05) is 30.4 Å². The van der Waals surface area contributed by atoms with Crippen molar-refractivity contribution in [3.8, 4) is 0 Å². The Kier molecular flexibility index (Phi) is 6.29. The van der Waals surface area contributed by atoms with E-state index in [9.17, 15) is 0 Å². The molecule has 0 aliphatic carbocycles. The molecule has 0 aromatic rings. The van der Waals surface area contributed by atoms with Crippen LogP contribution in [-0.2, 0) is 0 Å². The largest absolute Gasteiger partial charge is 0.257 e. The minimum Gasteiger partial charge on any atom is -0.257 e. The summed E-state index contributed by atoms with van der Waals surface area (Å²) < 4.78 is 0.687. The summed E-state index contributed by atoms with van der Waals surface area (Å²) in [6, 6.07) is 0. The van der Waals surface area contributed by atoms with Gasteiger partial charge in [-0.25, -0.2) is 0 Å². The lowest BCUT2D eigenvalue weighted by atomic mass is 10.2. The van der Waals surface area contributed by atoms with Crippen LogP contribution in [0.25, 0.3) is 0 Å². The molecule has 1 unspecified atom stereocenters. The smallest absolute Gasteiger partial charge is 0.0602 e. The fourth-order valence-electron chi connectivity index (χ4n) is 1.61. The summed E-state index contributed by atoms with van der Waals surface area (Å²) >= 11 is 4.01. The molecule has 0 saturated heterocycles. The van der Waals surface area contributed by atoms with Gasteiger partial charge in [0.2, 0.25) is 0 Å². The maximum atomic E-state index is 4.77. The molecule has 1 rings (SSSR count). The number of nitrogens with zero attached hydrogens (tertiary/aromatic N) is 1. The molecule has 0 radical (unpaired) electrons. The minimum absolute atomic E-state index is 0.687. The Morgan fingerprint density at radius 2 is 2.31 bits per heavy atom. The van der Waals surface area contributed by atoms with Crippen LogP contribution < -0.4 is 0 Å². The number of allylic oxidation sites excluding steroid dienone is 4. The molecule has 1 nitrogen and oxygen atoms in total. The van der Waals surface area contributed by atoms with Gasteiger partial charge in [-0.15, -0.1) is 23.5 Å². The maximum absolute atomic E-state index is 4.77. The molecule has 0 amide bonds. The van der Waals surface area contributed by atoms with E-state index in [0.717, 1.165) is 12.8 Å². The van der Waals surface area contributed by atoms with Crippen molar-refractivity contribution in [1.82, 2.24) is 0 Å². The van der Waals surface area contributed by atoms with E-state index in [1.165, 1.54) is 22.1 Å². The van der Waals surface area contributed by atoms with Gasteiger partial charge in [0.1, 0.15) is 0 Å². The van der Waals surface area contributed by atoms with Gasteiger partial charge in [0.25, 0.3) is 0 Å². The SMILES string of the molecule is C/C=C\C(CC)=NC1=C(C)SC(SCC)C1. The summed E-state index contributed by atoms with van der Waals surface area (Å²) in [4.78, 5) is 6.18. The van der Waals surface area contributed by atoms with Crippen molar-refractivity contribution in [2.75, 3.05) is 5.75 Å². The van der Waals surface area contributed by atoms with Crippen molar-refractivity contribution in [2.24, 2.45) is 4.99 Å². The van der Waals surface area contributed by atoms with Crippen LogP contribution in [-0.4, -0.2) is 16.0 Å². The fraction of sp³-hybridized carbons (Fsp3) is 0.615. The zero-order chi connectivity index (χ0) is 12.0. The van der Waals surface area contributed by atoms with Gasteiger partial charge in [0.15, 0.2) is 0 Å². The van der Waals surface area contributed by atoms with Gasteiger partial charge in [-0.1, -0.05) is 19.9 Å². The third-order valence-corrected chi connectivity index (χ3v) is 5.01. The van der Waals surface area contributed by atoms with Crippen molar-refractivity contribution >= 4 is 29.2 Å². The van der Waals surface area contributed by atoms with Crippen LogP contribution >= 0.6 is 23.5 Å². The maximum Gasteiger partial charge on any atom is 0.0602 e. The normalized spacial score (nSPS) is 22.5. The zero-order valence-corrected chi connectivity index (χ0v) is 12.3. The number of hydrogen-bond acceptors (Lipinski definition) is 3. The molecule has 0 saturated carbocycles. The minimum atomic E-state index is 0.687. The third kappa shape index (κ3) is 4.02. The molecule has 90 valence electrons. The highest BCUT2D eigenvalue weighted by Gasteiger charge is 2.22. The summed E-state index contributed by atoms with van der Waals surface area (Å²) in [6.45, 7) is 8.63. The fourth-order valence-corrected chi connectivity index (χ4v) is 4.27. The first kappa shape index (κ1) is 13.9. The highest BCUT2D eigenvalue weighted by Crippen LogP contribution is 2.43. The summed E-state index contributed by atoms with van der Waals surface area (Å²) in [5.74, 6) is 1.19. The van der Waals surface area contributed by atoms with E-state index in [0.29, 0.717) is 4.58 Å². The lowest BCUT2D eigenvalue weighted by Gasteiger charge is -2.05. The van der Waals surface area contributed by atoms with Crippen molar-refractivity contribution in [1.29, 1.82) is 0 Å². The highest BCUT2D eigenvalue weighted by atomic mass is 32.2. The van der Waals surface area contributed by atoms with E-state index in [1.54, 1.807) is 0 Å². The molecule has 3 heteroatoms. The van der Waals surface area contributed by atoms with Crippen LogP contribution in [0.4, 0.5) is 0 Å². The average Bonchev–Trinajstić information content (AvgIpc) is 2.59. The topological polar surface area (TPSA) is 12.4 Å². The second kappa shape index (κ2) is 7.23. The van der Waals surface area contributed by atoms with Crippen molar-refractivity contribution in [2.45, 2.75) is 45.1 Å². The Morgan fingerprint density at radius 1 is 1.56 bits per heavy atom. The van der Waals surface area contributed by atoms with Gasteiger partial charge in [-0.3, -0.25) is 4.99 Å². The van der Waals surface area contributed by atoms with Crippen molar-refractivity contribution < 1.29 is 0 Å². The molecular weight excluding hydrogens is 234 g/mol. The molecule has 1 aliphatic heterocycles. The molecule has 0 aromatic carbocycles. The zero-order valence-electron chi connectivity index (χ0n) is 10.6. The Hall–Kier alpha value is -0.150. The van der Waals surface area contributed by atoms with Gasteiger partial charge >= 0.3 is 0 Å². The standard InChI is InChI=1S/C13H21NS2/c1-5-8-11(6-2)14-12-9-13(15-7-3)16-10(12)4/h5,8,13H,6-7,9H2,1-4H3/b8-5-,14-11?. The average molecular weight is 255 g/mol. The summed E-state index contributed by atoms with van der Waals surface area (Å²) in [5.41, 5.74) is 2.49.